The van der Waals surface area contributed by atoms with Crippen molar-refractivity contribution in [2.45, 2.75) is 25.2 Å². The van der Waals surface area contributed by atoms with Crippen LogP contribution in [0, 0.1) is 5.92 Å². The van der Waals surface area contributed by atoms with Crippen molar-refractivity contribution in [3.8, 4) is 5.69 Å². The van der Waals surface area contributed by atoms with Crippen molar-refractivity contribution in [1.82, 2.24) is 15.2 Å². The number of para-hydroxylation sites is 2. The Morgan fingerprint density at radius 2 is 1.34 bits per heavy atom. The maximum atomic E-state index is 6.65. The normalized spacial score (nSPS) is 19.2. The minimum Gasteiger partial charge on any atom is -0.456 e. The number of thiophene rings is 1. The predicted octanol–water partition coefficient (Wildman–Crippen LogP) is 13.0. The van der Waals surface area contributed by atoms with E-state index in [-0.39, 0.29) is 24.2 Å². The summed E-state index contributed by atoms with van der Waals surface area (Å²) in [6, 6.07) is 58.5. The molecule has 278 valence electrons. The van der Waals surface area contributed by atoms with Gasteiger partial charge >= 0.3 is 0 Å². The van der Waals surface area contributed by atoms with Gasteiger partial charge in [-0.3, -0.25) is 5.32 Å². The van der Waals surface area contributed by atoms with Crippen molar-refractivity contribution in [1.29, 1.82) is 0 Å². The van der Waals surface area contributed by atoms with Crippen LogP contribution in [0.4, 0.5) is 0 Å². The lowest BCUT2D eigenvalue weighted by Crippen LogP contribution is -2.45. The largest absolute Gasteiger partial charge is 0.456 e. The summed E-state index contributed by atoms with van der Waals surface area (Å²) in [6.45, 7) is 2.35. The van der Waals surface area contributed by atoms with Gasteiger partial charge < -0.3 is 14.3 Å². The highest BCUT2D eigenvalue weighted by Gasteiger charge is 2.33. The molecule has 4 atom stereocenters. The Morgan fingerprint density at radius 1 is 0.638 bits per heavy atom. The van der Waals surface area contributed by atoms with Gasteiger partial charge in [0, 0.05) is 53.7 Å². The van der Waals surface area contributed by atoms with Gasteiger partial charge in [-0.15, -0.1) is 11.3 Å². The molecule has 4 heterocycles. The van der Waals surface area contributed by atoms with Gasteiger partial charge in [-0.05, 0) is 70.6 Å². The lowest BCUT2D eigenvalue weighted by Gasteiger charge is -2.32. The Labute approximate surface area is 339 Å². The zero-order chi connectivity index (χ0) is 38.3. The molecule has 12 rings (SSSR count). The molecular formula is C52H38N4OS. The highest BCUT2D eigenvalue weighted by molar-refractivity contribution is 7.19. The fraction of sp³-hybridized carbons (Fsp3) is 0.0962. The molecule has 0 saturated heterocycles. The van der Waals surface area contributed by atoms with Crippen LogP contribution >= 0.6 is 11.3 Å². The standard InChI is InChI=1S/C52H38N4OS/c1-31-26-28-38-48-39(52-54-50(32-14-4-2-5-15-32)53-51(55-52)33-16-6-3-7-17-33)21-13-25-45(48)58-49(38)46(31)37-20-12-24-44-47(37)40-30-34(27-29-43(40)57-44)56-41-22-10-8-18-35(41)36-19-9-11-23-42(36)56/h2-31,46,50-51,53H,1H3,(H,54,55). The van der Waals surface area contributed by atoms with Crippen LogP contribution in [0.3, 0.4) is 0 Å². The molecule has 0 bridgehead atoms. The maximum absolute atomic E-state index is 6.65. The smallest absolute Gasteiger partial charge is 0.135 e. The second kappa shape index (κ2) is 13.2. The monoisotopic (exact) mass is 766 g/mol. The van der Waals surface area contributed by atoms with Gasteiger partial charge in [-0.25, -0.2) is 4.99 Å². The topological polar surface area (TPSA) is 54.5 Å². The molecule has 7 aromatic carbocycles. The number of amidine groups is 1. The van der Waals surface area contributed by atoms with Gasteiger partial charge in [0.05, 0.1) is 11.0 Å². The molecule has 6 heteroatoms. The van der Waals surface area contributed by atoms with Gasteiger partial charge in [0.15, 0.2) is 0 Å². The third-order valence-electron chi connectivity index (χ3n) is 12.2. The number of aromatic nitrogens is 1. The second-order valence-electron chi connectivity index (χ2n) is 15.6. The van der Waals surface area contributed by atoms with Crippen LogP contribution in [0.5, 0.6) is 0 Å². The number of hydrogen-bond donors (Lipinski definition) is 2. The third-order valence-corrected chi connectivity index (χ3v) is 13.5. The zero-order valence-corrected chi connectivity index (χ0v) is 32.6. The van der Waals surface area contributed by atoms with E-state index < -0.39 is 0 Å². The fourth-order valence-electron chi connectivity index (χ4n) is 9.57. The van der Waals surface area contributed by atoms with Crippen LogP contribution in [0.15, 0.2) is 179 Å². The van der Waals surface area contributed by atoms with Crippen molar-refractivity contribution in [3.63, 3.8) is 0 Å². The number of rotatable bonds is 5. The summed E-state index contributed by atoms with van der Waals surface area (Å²) in [5.41, 5.74) is 11.4. The van der Waals surface area contributed by atoms with Gasteiger partial charge in [0.2, 0.25) is 0 Å². The van der Waals surface area contributed by atoms with E-state index in [1.54, 1.807) is 0 Å². The molecule has 0 spiro atoms. The van der Waals surface area contributed by atoms with Crippen molar-refractivity contribution in [2.24, 2.45) is 10.9 Å². The summed E-state index contributed by atoms with van der Waals surface area (Å²) in [7, 11) is 0. The second-order valence-corrected chi connectivity index (χ2v) is 16.7. The Hall–Kier alpha value is -6.73. The molecule has 1 aliphatic heterocycles. The van der Waals surface area contributed by atoms with Gasteiger partial charge in [0.25, 0.3) is 0 Å². The first-order valence-corrected chi connectivity index (χ1v) is 20.9. The molecule has 2 N–H and O–H groups in total. The number of allylic oxidation sites excluding steroid dienone is 1. The summed E-state index contributed by atoms with van der Waals surface area (Å²) in [4.78, 5) is 6.75. The number of benzene rings is 7. The lowest BCUT2D eigenvalue weighted by atomic mass is 9.78. The third kappa shape index (κ3) is 5.15. The van der Waals surface area contributed by atoms with E-state index in [1.165, 1.54) is 58.8 Å². The number of furan rings is 1. The molecule has 2 aliphatic rings. The summed E-state index contributed by atoms with van der Waals surface area (Å²) in [5.74, 6) is 1.32. The number of fused-ring (bicyclic) bond motifs is 9. The van der Waals surface area contributed by atoms with E-state index in [9.17, 15) is 0 Å². The van der Waals surface area contributed by atoms with Crippen molar-refractivity contribution < 1.29 is 4.42 Å². The summed E-state index contributed by atoms with van der Waals surface area (Å²) < 4.78 is 10.3. The number of nitrogens with zero attached hydrogens (tertiary/aromatic N) is 2. The first-order valence-electron chi connectivity index (χ1n) is 20.1. The van der Waals surface area contributed by atoms with Crippen LogP contribution in [0.1, 0.15) is 57.9 Å². The van der Waals surface area contributed by atoms with Crippen molar-refractivity contribution in [2.75, 3.05) is 0 Å². The number of aliphatic imine (C=N–C) groups is 1. The minimum absolute atomic E-state index is 0.105. The summed E-state index contributed by atoms with van der Waals surface area (Å²) >= 11 is 1.92. The Bertz CT molecular complexity index is 3230. The summed E-state index contributed by atoms with van der Waals surface area (Å²) in [6.07, 6.45) is 4.46. The average Bonchev–Trinajstić information content (AvgIpc) is 3.96. The van der Waals surface area contributed by atoms with Crippen LogP contribution in [0.25, 0.3) is 65.6 Å². The highest BCUT2D eigenvalue weighted by Crippen LogP contribution is 2.50. The van der Waals surface area contributed by atoms with Crippen molar-refractivity contribution in [3.05, 3.63) is 203 Å². The Balaban J connectivity index is 1.02. The van der Waals surface area contributed by atoms with Gasteiger partial charge in [-0.2, -0.15) is 0 Å². The zero-order valence-electron chi connectivity index (χ0n) is 31.8. The van der Waals surface area contributed by atoms with E-state index in [4.69, 9.17) is 9.41 Å². The molecule has 0 saturated carbocycles. The molecule has 3 aromatic heterocycles. The molecule has 1 aliphatic carbocycles. The minimum atomic E-state index is -0.199. The quantitative estimate of drug-likeness (QED) is 0.183. The van der Waals surface area contributed by atoms with Crippen molar-refractivity contribution >= 4 is 77.1 Å². The van der Waals surface area contributed by atoms with E-state index >= 15 is 0 Å². The van der Waals surface area contributed by atoms with Gasteiger partial charge in [-0.1, -0.05) is 140 Å². The first kappa shape index (κ1) is 33.4. The van der Waals surface area contributed by atoms with E-state index in [1.807, 2.05) is 11.3 Å². The molecule has 58 heavy (non-hydrogen) atoms. The molecule has 4 unspecified atom stereocenters. The van der Waals surface area contributed by atoms with E-state index in [0.29, 0.717) is 0 Å². The van der Waals surface area contributed by atoms with Gasteiger partial charge in [0.1, 0.15) is 29.3 Å². The average molecular weight is 767 g/mol. The number of nitrogens with one attached hydrogen (secondary N) is 2. The van der Waals surface area contributed by atoms with Crippen LogP contribution in [-0.2, 0) is 0 Å². The molecule has 0 radical (unpaired) electrons. The van der Waals surface area contributed by atoms with Crippen LogP contribution in [0.2, 0.25) is 0 Å². The number of hydrogen-bond acceptors (Lipinski definition) is 5. The molecule has 5 nitrogen and oxygen atoms in total. The summed E-state index contributed by atoms with van der Waals surface area (Å²) in [5, 5.41) is 13.7. The lowest BCUT2D eigenvalue weighted by molar-refractivity contribution is 0.409. The molecule has 0 amide bonds. The highest BCUT2D eigenvalue weighted by atomic mass is 32.1. The first-order chi connectivity index (χ1) is 28.7. The SMILES string of the molecule is CC1C=Cc2c(sc3cccc(C4=NC(c5ccccc5)NC(c5ccccc5)N4)c23)C1c1cccc2oc3ccc(-n4c5ccccc5c5ccccc54)cc3c12. The van der Waals surface area contributed by atoms with Crippen LogP contribution in [-0.4, -0.2) is 10.4 Å². The molecular weight excluding hydrogens is 729 g/mol. The molecule has 0 fully saturated rings. The van der Waals surface area contributed by atoms with E-state index in [2.05, 4.69) is 198 Å². The van der Waals surface area contributed by atoms with Crippen LogP contribution < -0.4 is 10.6 Å². The fourth-order valence-corrected chi connectivity index (χ4v) is 11.0. The Morgan fingerprint density at radius 3 is 2.12 bits per heavy atom. The Kier molecular flexibility index (Phi) is 7.59. The predicted molar refractivity (Wildman–Crippen MR) is 241 cm³/mol. The maximum Gasteiger partial charge on any atom is 0.135 e. The molecule has 10 aromatic rings. The van der Waals surface area contributed by atoms with E-state index in [0.717, 1.165) is 39.2 Å².